The third kappa shape index (κ3) is 3.32. The highest BCUT2D eigenvalue weighted by molar-refractivity contribution is 9.09. The Bertz CT molecular complexity index is 468. The molecule has 0 aliphatic rings. The molecule has 2 atom stereocenters. The van der Waals surface area contributed by atoms with E-state index in [1.807, 2.05) is 12.1 Å². The van der Waals surface area contributed by atoms with Gasteiger partial charge in [0.15, 0.2) is 9.84 Å². The van der Waals surface area contributed by atoms with Crippen LogP contribution in [0.1, 0.15) is 38.7 Å². The molecule has 0 N–H and O–H groups in total. The fourth-order valence-electron chi connectivity index (χ4n) is 1.84. The van der Waals surface area contributed by atoms with Gasteiger partial charge in [0.2, 0.25) is 0 Å². The van der Waals surface area contributed by atoms with Crippen molar-refractivity contribution in [3.8, 4) is 0 Å². The summed E-state index contributed by atoms with van der Waals surface area (Å²) >= 11 is 3.61. The number of halogens is 1. The minimum absolute atomic E-state index is 0.149. The summed E-state index contributed by atoms with van der Waals surface area (Å²) in [6, 6.07) is 7.31. The molecule has 0 heterocycles. The van der Waals surface area contributed by atoms with Gasteiger partial charge in [0.1, 0.15) is 0 Å². The van der Waals surface area contributed by atoms with Crippen LogP contribution in [0.2, 0.25) is 0 Å². The van der Waals surface area contributed by atoms with Gasteiger partial charge in [-0.2, -0.15) is 0 Å². The second-order valence-corrected chi connectivity index (χ2v) is 7.58. The Morgan fingerprint density at radius 1 is 1.24 bits per heavy atom. The molecule has 2 unspecified atom stereocenters. The zero-order valence-corrected chi connectivity index (χ0v) is 12.9. The standard InChI is InChI=1S/C13H19BrO2S/c1-4-12(14)10(3)11-8-6-7-9-13(11)17(15,16)5-2/h6-10,12H,4-5H2,1-3H3. The first-order chi connectivity index (χ1) is 7.94. The first-order valence-corrected chi connectivity index (χ1v) is 8.46. The van der Waals surface area contributed by atoms with E-state index in [2.05, 4.69) is 29.8 Å². The molecule has 0 saturated heterocycles. The monoisotopic (exact) mass is 318 g/mol. The topological polar surface area (TPSA) is 34.1 Å². The van der Waals surface area contributed by atoms with Crippen LogP contribution in [0.5, 0.6) is 0 Å². The summed E-state index contributed by atoms with van der Waals surface area (Å²) in [5.74, 6) is 0.341. The van der Waals surface area contributed by atoms with E-state index < -0.39 is 9.84 Å². The van der Waals surface area contributed by atoms with E-state index in [4.69, 9.17) is 0 Å². The summed E-state index contributed by atoms with van der Waals surface area (Å²) in [7, 11) is -3.14. The first-order valence-electron chi connectivity index (χ1n) is 5.89. The van der Waals surface area contributed by atoms with Gasteiger partial charge in [-0.25, -0.2) is 8.42 Å². The Balaban J connectivity index is 3.26. The molecule has 0 spiro atoms. The van der Waals surface area contributed by atoms with E-state index in [0.717, 1.165) is 12.0 Å². The molecule has 0 bridgehead atoms. The highest BCUT2D eigenvalue weighted by atomic mass is 79.9. The second-order valence-electron chi connectivity index (χ2n) is 4.15. The van der Waals surface area contributed by atoms with Crippen molar-refractivity contribution in [3.63, 3.8) is 0 Å². The Morgan fingerprint density at radius 3 is 2.35 bits per heavy atom. The van der Waals surface area contributed by atoms with Gasteiger partial charge in [0.05, 0.1) is 10.6 Å². The molecule has 1 rings (SSSR count). The quantitative estimate of drug-likeness (QED) is 0.775. The maximum atomic E-state index is 12.0. The maximum Gasteiger partial charge on any atom is 0.178 e. The lowest BCUT2D eigenvalue weighted by atomic mass is 9.96. The number of benzene rings is 1. The molecule has 0 radical (unpaired) electrons. The highest BCUT2D eigenvalue weighted by Crippen LogP contribution is 2.31. The van der Waals surface area contributed by atoms with Gasteiger partial charge < -0.3 is 0 Å². The largest absolute Gasteiger partial charge is 0.224 e. The molecule has 17 heavy (non-hydrogen) atoms. The molecule has 0 aromatic heterocycles. The predicted octanol–water partition coefficient (Wildman–Crippen LogP) is 3.76. The third-order valence-corrected chi connectivity index (χ3v) is 6.30. The molecular formula is C13H19BrO2S. The first kappa shape index (κ1) is 14.7. The van der Waals surface area contributed by atoms with Gasteiger partial charge in [-0.3, -0.25) is 0 Å². The summed E-state index contributed by atoms with van der Waals surface area (Å²) in [5, 5.41) is 0. The summed E-state index contributed by atoms with van der Waals surface area (Å²) in [5.41, 5.74) is 0.915. The third-order valence-electron chi connectivity index (χ3n) is 3.06. The van der Waals surface area contributed by atoms with Crippen molar-refractivity contribution in [1.29, 1.82) is 0 Å². The smallest absolute Gasteiger partial charge is 0.178 e. The summed E-state index contributed by atoms with van der Waals surface area (Å²) in [6.45, 7) is 5.84. The van der Waals surface area contributed by atoms with Crippen molar-refractivity contribution in [2.45, 2.75) is 42.8 Å². The fourth-order valence-corrected chi connectivity index (χ4v) is 3.34. The summed E-state index contributed by atoms with van der Waals surface area (Å²) in [4.78, 5) is 0.781. The van der Waals surface area contributed by atoms with Crippen LogP contribution in [-0.2, 0) is 9.84 Å². The molecular weight excluding hydrogens is 300 g/mol. The van der Waals surface area contributed by atoms with Gasteiger partial charge in [0.25, 0.3) is 0 Å². The van der Waals surface area contributed by atoms with E-state index in [9.17, 15) is 8.42 Å². The van der Waals surface area contributed by atoms with E-state index in [1.54, 1.807) is 19.1 Å². The molecule has 2 nitrogen and oxygen atoms in total. The van der Waals surface area contributed by atoms with Crippen LogP contribution < -0.4 is 0 Å². The zero-order chi connectivity index (χ0) is 13.1. The van der Waals surface area contributed by atoms with Gasteiger partial charge in [-0.1, -0.05) is 54.9 Å². The van der Waals surface area contributed by atoms with Gasteiger partial charge in [0, 0.05) is 4.83 Å². The van der Waals surface area contributed by atoms with Gasteiger partial charge in [-0.05, 0) is 24.0 Å². The van der Waals surface area contributed by atoms with Crippen LogP contribution in [0, 0.1) is 0 Å². The molecule has 1 aromatic rings. The predicted molar refractivity (Wildman–Crippen MR) is 75.6 cm³/mol. The zero-order valence-electron chi connectivity index (χ0n) is 10.5. The summed E-state index contributed by atoms with van der Waals surface area (Å²) < 4.78 is 24.0. The maximum absolute atomic E-state index is 12.0. The number of sulfone groups is 1. The minimum Gasteiger partial charge on any atom is -0.224 e. The van der Waals surface area contributed by atoms with Crippen LogP contribution in [0.25, 0.3) is 0 Å². The molecule has 0 saturated carbocycles. The number of alkyl halides is 1. The van der Waals surface area contributed by atoms with Crippen LogP contribution in [0.4, 0.5) is 0 Å². The Morgan fingerprint density at radius 2 is 1.82 bits per heavy atom. The average molecular weight is 319 g/mol. The van der Waals surface area contributed by atoms with Crippen molar-refractivity contribution in [1.82, 2.24) is 0 Å². The highest BCUT2D eigenvalue weighted by Gasteiger charge is 2.22. The molecule has 4 heteroatoms. The summed E-state index contributed by atoms with van der Waals surface area (Å²) in [6.07, 6.45) is 0.974. The molecule has 0 aliphatic heterocycles. The molecule has 96 valence electrons. The van der Waals surface area contributed by atoms with Crippen molar-refractivity contribution in [3.05, 3.63) is 29.8 Å². The van der Waals surface area contributed by atoms with E-state index in [0.29, 0.717) is 9.72 Å². The fraction of sp³-hybridized carbons (Fsp3) is 0.538. The number of hydrogen-bond acceptors (Lipinski definition) is 2. The lowest BCUT2D eigenvalue weighted by Crippen LogP contribution is -2.14. The van der Waals surface area contributed by atoms with E-state index in [1.165, 1.54) is 0 Å². The SMILES string of the molecule is CCC(Br)C(C)c1ccccc1S(=O)(=O)CC. The van der Waals surface area contributed by atoms with Gasteiger partial charge >= 0.3 is 0 Å². The number of rotatable bonds is 5. The Labute approximate surface area is 112 Å². The Kier molecular flexibility index (Phi) is 5.20. The van der Waals surface area contributed by atoms with Crippen LogP contribution in [-0.4, -0.2) is 19.0 Å². The number of hydrogen-bond donors (Lipinski definition) is 0. The van der Waals surface area contributed by atoms with Crippen molar-refractivity contribution in [2.24, 2.45) is 0 Å². The van der Waals surface area contributed by atoms with Crippen molar-refractivity contribution < 1.29 is 8.42 Å². The van der Waals surface area contributed by atoms with Crippen molar-refractivity contribution >= 4 is 25.8 Å². The van der Waals surface area contributed by atoms with E-state index >= 15 is 0 Å². The molecule has 0 aliphatic carbocycles. The van der Waals surface area contributed by atoms with Crippen molar-refractivity contribution in [2.75, 3.05) is 5.75 Å². The molecule has 0 fully saturated rings. The lowest BCUT2D eigenvalue weighted by Gasteiger charge is -2.20. The minimum atomic E-state index is -3.14. The Hall–Kier alpha value is -0.350. The second kappa shape index (κ2) is 6.01. The van der Waals surface area contributed by atoms with Gasteiger partial charge in [-0.15, -0.1) is 0 Å². The average Bonchev–Trinajstić information content (AvgIpc) is 2.36. The van der Waals surface area contributed by atoms with Crippen LogP contribution >= 0.6 is 15.9 Å². The molecule has 0 amide bonds. The van der Waals surface area contributed by atoms with E-state index in [-0.39, 0.29) is 11.7 Å². The lowest BCUT2D eigenvalue weighted by molar-refractivity contribution is 0.592. The van der Waals surface area contributed by atoms with Crippen LogP contribution in [0.15, 0.2) is 29.2 Å². The molecule has 1 aromatic carbocycles. The normalized spacial score (nSPS) is 15.5. The van der Waals surface area contributed by atoms with Crippen LogP contribution in [0.3, 0.4) is 0 Å².